The molecule has 0 aliphatic rings. The molecule has 1 amide bonds. The zero-order valence-electron chi connectivity index (χ0n) is 17.2. The Labute approximate surface area is 180 Å². The molecular formula is C23H23N5OS. The fourth-order valence-electron chi connectivity index (χ4n) is 3.34. The van der Waals surface area contributed by atoms with Crippen LogP contribution in [0.1, 0.15) is 11.4 Å². The van der Waals surface area contributed by atoms with Gasteiger partial charge in [-0.2, -0.15) is 5.10 Å². The largest absolute Gasteiger partial charge is 0.322 e. The van der Waals surface area contributed by atoms with Crippen LogP contribution in [0.5, 0.6) is 0 Å². The third-order valence-electron chi connectivity index (χ3n) is 4.92. The molecule has 0 bridgehead atoms. The van der Waals surface area contributed by atoms with E-state index in [9.17, 15) is 4.79 Å². The summed E-state index contributed by atoms with van der Waals surface area (Å²) in [5.74, 6) is 0.175. The summed E-state index contributed by atoms with van der Waals surface area (Å²) in [6, 6.07) is 20.2. The molecule has 4 aromatic rings. The second-order valence-corrected chi connectivity index (χ2v) is 7.91. The quantitative estimate of drug-likeness (QED) is 0.465. The molecule has 0 saturated heterocycles. The predicted molar refractivity (Wildman–Crippen MR) is 121 cm³/mol. The lowest BCUT2D eigenvalue weighted by molar-refractivity contribution is -0.113. The van der Waals surface area contributed by atoms with Gasteiger partial charge in [0.15, 0.2) is 5.16 Å². The lowest BCUT2D eigenvalue weighted by Gasteiger charge is -2.12. The summed E-state index contributed by atoms with van der Waals surface area (Å²) >= 11 is 1.42. The molecule has 0 spiro atoms. The van der Waals surface area contributed by atoms with E-state index in [1.807, 2.05) is 75.6 Å². The van der Waals surface area contributed by atoms with Crippen molar-refractivity contribution in [2.75, 3.05) is 11.1 Å². The van der Waals surface area contributed by atoms with E-state index in [1.54, 1.807) is 4.68 Å². The molecule has 2 aromatic heterocycles. The monoisotopic (exact) mass is 417 g/mol. The van der Waals surface area contributed by atoms with Crippen molar-refractivity contribution in [2.45, 2.75) is 19.0 Å². The van der Waals surface area contributed by atoms with E-state index < -0.39 is 0 Å². The minimum Gasteiger partial charge on any atom is -0.322 e. The van der Waals surface area contributed by atoms with Crippen molar-refractivity contribution in [1.82, 2.24) is 19.3 Å². The van der Waals surface area contributed by atoms with Gasteiger partial charge in [0.25, 0.3) is 0 Å². The topological polar surface area (TPSA) is 64.7 Å². The fraction of sp³-hybridized carbons (Fsp3) is 0.174. The second kappa shape index (κ2) is 8.59. The number of rotatable bonds is 6. The van der Waals surface area contributed by atoms with Gasteiger partial charge in [-0.1, -0.05) is 60.3 Å². The van der Waals surface area contributed by atoms with Crippen LogP contribution in [0.25, 0.3) is 16.9 Å². The number of carbonyl (C=O) groups is 1. The van der Waals surface area contributed by atoms with Gasteiger partial charge in [0.1, 0.15) is 0 Å². The second-order valence-electron chi connectivity index (χ2n) is 6.97. The number of amides is 1. The molecular weight excluding hydrogens is 394 g/mol. The van der Waals surface area contributed by atoms with E-state index in [2.05, 4.69) is 32.1 Å². The fourth-order valence-corrected chi connectivity index (χ4v) is 4.13. The summed E-state index contributed by atoms with van der Waals surface area (Å²) in [6.07, 6.45) is 1.86. The van der Waals surface area contributed by atoms with Gasteiger partial charge >= 0.3 is 0 Å². The highest BCUT2D eigenvalue weighted by Crippen LogP contribution is 2.30. The maximum Gasteiger partial charge on any atom is 0.234 e. The van der Waals surface area contributed by atoms with Crippen molar-refractivity contribution in [1.29, 1.82) is 0 Å². The first-order valence-electron chi connectivity index (χ1n) is 9.66. The summed E-state index contributed by atoms with van der Waals surface area (Å²) in [5.41, 5.74) is 5.60. The molecule has 0 atom stereocenters. The summed E-state index contributed by atoms with van der Waals surface area (Å²) < 4.78 is 3.86. The lowest BCUT2D eigenvalue weighted by atomic mass is 10.1. The van der Waals surface area contributed by atoms with Crippen molar-refractivity contribution in [3.8, 4) is 16.9 Å². The first kappa shape index (κ1) is 20.0. The Balaban J connectivity index is 1.59. The highest BCUT2D eigenvalue weighted by molar-refractivity contribution is 7.99. The molecule has 0 radical (unpaired) electrons. The molecule has 0 fully saturated rings. The van der Waals surface area contributed by atoms with Crippen LogP contribution in [0.2, 0.25) is 0 Å². The molecule has 152 valence electrons. The van der Waals surface area contributed by atoms with Crippen LogP contribution in [0.4, 0.5) is 5.69 Å². The van der Waals surface area contributed by atoms with Gasteiger partial charge in [-0.05, 0) is 26.0 Å². The van der Waals surface area contributed by atoms with Gasteiger partial charge in [-0.3, -0.25) is 14.0 Å². The van der Waals surface area contributed by atoms with Gasteiger partial charge in [-0.25, -0.2) is 4.98 Å². The summed E-state index contributed by atoms with van der Waals surface area (Å²) in [4.78, 5) is 17.2. The Hall–Kier alpha value is -3.32. The van der Waals surface area contributed by atoms with E-state index in [4.69, 9.17) is 0 Å². The molecule has 0 aliphatic carbocycles. The first-order chi connectivity index (χ1) is 14.5. The highest BCUT2D eigenvalue weighted by atomic mass is 32.2. The molecule has 0 unspecified atom stereocenters. The average Bonchev–Trinajstić information content (AvgIpc) is 3.30. The van der Waals surface area contributed by atoms with Crippen LogP contribution in [-0.4, -0.2) is 31.0 Å². The van der Waals surface area contributed by atoms with Gasteiger partial charge < -0.3 is 5.32 Å². The van der Waals surface area contributed by atoms with Crippen molar-refractivity contribution in [3.05, 3.63) is 78.2 Å². The molecule has 6 nitrogen and oxygen atoms in total. The number of benzene rings is 2. The van der Waals surface area contributed by atoms with E-state index in [-0.39, 0.29) is 11.7 Å². The van der Waals surface area contributed by atoms with E-state index in [1.165, 1.54) is 11.8 Å². The van der Waals surface area contributed by atoms with E-state index >= 15 is 0 Å². The third kappa shape index (κ3) is 4.02. The highest BCUT2D eigenvalue weighted by Gasteiger charge is 2.17. The number of hydrogen-bond acceptors (Lipinski definition) is 4. The number of thioether (sulfide) groups is 1. The van der Waals surface area contributed by atoms with Crippen molar-refractivity contribution >= 4 is 23.4 Å². The maximum atomic E-state index is 12.6. The average molecular weight is 418 g/mol. The number of para-hydroxylation sites is 1. The molecule has 30 heavy (non-hydrogen) atoms. The number of aromatic nitrogens is 4. The Kier molecular flexibility index (Phi) is 5.72. The minimum atomic E-state index is -0.0805. The van der Waals surface area contributed by atoms with Gasteiger partial charge in [0, 0.05) is 18.3 Å². The number of imidazole rings is 1. The van der Waals surface area contributed by atoms with Crippen LogP contribution in [0.15, 0.2) is 72.0 Å². The Morgan fingerprint density at radius 2 is 1.70 bits per heavy atom. The van der Waals surface area contributed by atoms with Crippen molar-refractivity contribution in [3.63, 3.8) is 0 Å². The molecule has 4 rings (SSSR count). The van der Waals surface area contributed by atoms with Crippen LogP contribution < -0.4 is 5.32 Å². The normalized spacial score (nSPS) is 10.9. The number of hydrogen-bond donors (Lipinski definition) is 1. The number of anilines is 1. The minimum absolute atomic E-state index is 0.0805. The molecule has 7 heteroatoms. The summed E-state index contributed by atoms with van der Waals surface area (Å²) in [5, 5.41) is 8.11. The maximum absolute atomic E-state index is 12.6. The first-order valence-corrected chi connectivity index (χ1v) is 10.6. The molecule has 2 heterocycles. The van der Waals surface area contributed by atoms with Gasteiger partial charge in [-0.15, -0.1) is 0 Å². The summed E-state index contributed by atoms with van der Waals surface area (Å²) in [6.45, 7) is 3.83. The van der Waals surface area contributed by atoms with E-state index in [0.717, 1.165) is 39.2 Å². The van der Waals surface area contributed by atoms with E-state index in [0.29, 0.717) is 0 Å². The molecule has 1 N–H and O–H groups in total. The van der Waals surface area contributed by atoms with Crippen molar-refractivity contribution in [2.24, 2.45) is 7.05 Å². The number of aryl methyl sites for hydroxylation is 2. The Morgan fingerprint density at radius 3 is 2.33 bits per heavy atom. The molecule has 0 aliphatic heterocycles. The van der Waals surface area contributed by atoms with Crippen molar-refractivity contribution < 1.29 is 4.79 Å². The SMILES string of the molecule is Cc1nn(C)c(C)c1NC(=O)CSc1ncc(-c2ccccc2)n1-c1ccccc1. The number of nitrogens with one attached hydrogen (secondary N) is 1. The zero-order valence-corrected chi connectivity index (χ0v) is 18.0. The standard InChI is InChI=1S/C23H23N5OS/c1-16-22(17(2)27(3)26-16)25-21(29)15-30-23-24-14-20(18-10-6-4-7-11-18)28(23)19-12-8-5-9-13-19/h4-14H,15H2,1-3H3,(H,25,29). The van der Waals surface area contributed by atoms with Gasteiger partial charge in [0.05, 0.1) is 34.7 Å². The molecule has 0 saturated carbocycles. The molecule has 2 aromatic carbocycles. The lowest BCUT2D eigenvalue weighted by Crippen LogP contribution is -2.15. The van der Waals surface area contributed by atoms with Crippen LogP contribution in [0.3, 0.4) is 0 Å². The third-order valence-corrected chi connectivity index (χ3v) is 5.87. The van der Waals surface area contributed by atoms with Gasteiger partial charge in [0.2, 0.25) is 5.91 Å². The zero-order chi connectivity index (χ0) is 21.1. The van der Waals surface area contributed by atoms with Crippen LogP contribution in [0, 0.1) is 13.8 Å². The number of nitrogens with zero attached hydrogens (tertiary/aromatic N) is 4. The Morgan fingerprint density at radius 1 is 1.03 bits per heavy atom. The van der Waals surface area contributed by atoms with Crippen LogP contribution in [-0.2, 0) is 11.8 Å². The Bertz CT molecular complexity index is 1170. The smallest absolute Gasteiger partial charge is 0.234 e. The van der Waals surface area contributed by atoms with Crippen LogP contribution >= 0.6 is 11.8 Å². The predicted octanol–water partition coefficient (Wildman–Crippen LogP) is 4.62. The number of carbonyl (C=O) groups excluding carboxylic acids is 1. The summed E-state index contributed by atoms with van der Waals surface area (Å²) in [7, 11) is 1.87.